The van der Waals surface area contributed by atoms with Crippen molar-refractivity contribution in [1.82, 2.24) is 4.90 Å². The van der Waals surface area contributed by atoms with Gasteiger partial charge < -0.3 is 14.7 Å². The van der Waals surface area contributed by atoms with Gasteiger partial charge in [-0.2, -0.15) is 0 Å². The van der Waals surface area contributed by atoms with E-state index in [9.17, 15) is 19.1 Å². The fourth-order valence-electron chi connectivity index (χ4n) is 3.84. The van der Waals surface area contributed by atoms with Gasteiger partial charge in [0.05, 0.1) is 18.2 Å². The number of aliphatic hydroxyl groups is 1. The van der Waals surface area contributed by atoms with Crippen LogP contribution in [-0.2, 0) is 9.59 Å². The summed E-state index contributed by atoms with van der Waals surface area (Å²) in [6.07, 6.45) is 4.74. The third-order valence-electron chi connectivity index (χ3n) is 5.62. The van der Waals surface area contributed by atoms with E-state index >= 15 is 0 Å². The molecule has 0 spiro atoms. The minimum atomic E-state index is -0.757. The number of carbonyl (C=O) groups excluding carboxylic acids is 2. The van der Waals surface area contributed by atoms with E-state index in [0.717, 1.165) is 32.1 Å². The summed E-state index contributed by atoms with van der Waals surface area (Å²) in [5.41, 5.74) is 1.03. The van der Waals surface area contributed by atoms with Gasteiger partial charge in [-0.05, 0) is 54.8 Å². The number of aliphatic hydroxyl groups excluding tert-OH is 1. The van der Waals surface area contributed by atoms with Crippen LogP contribution < -0.4 is 4.74 Å². The second kappa shape index (κ2) is 10.9. The molecule has 1 unspecified atom stereocenters. The number of ether oxygens (including phenoxy) is 1. The smallest absolute Gasteiger partial charge is 0.295 e. The predicted molar refractivity (Wildman–Crippen MR) is 122 cm³/mol. The van der Waals surface area contributed by atoms with Gasteiger partial charge in [0.1, 0.15) is 17.3 Å². The molecule has 1 aliphatic rings. The van der Waals surface area contributed by atoms with Gasteiger partial charge in [0.25, 0.3) is 11.7 Å². The molecule has 1 heterocycles. The van der Waals surface area contributed by atoms with Gasteiger partial charge in [-0.3, -0.25) is 9.59 Å². The predicted octanol–water partition coefficient (Wildman–Crippen LogP) is 5.62. The van der Waals surface area contributed by atoms with Gasteiger partial charge in [0.15, 0.2) is 0 Å². The first-order valence-electron chi connectivity index (χ1n) is 11.2. The Labute approximate surface area is 188 Å². The first-order chi connectivity index (χ1) is 15.5. The normalized spacial score (nSPS) is 17.7. The van der Waals surface area contributed by atoms with Crippen molar-refractivity contribution in [3.8, 4) is 5.75 Å². The summed E-state index contributed by atoms with van der Waals surface area (Å²) in [6.45, 7) is 5.12. The van der Waals surface area contributed by atoms with Crippen LogP contribution in [0.5, 0.6) is 5.75 Å². The highest BCUT2D eigenvalue weighted by molar-refractivity contribution is 6.46. The van der Waals surface area contributed by atoms with E-state index in [1.807, 2.05) is 6.92 Å². The Morgan fingerprint density at radius 2 is 1.62 bits per heavy atom. The lowest BCUT2D eigenvalue weighted by Gasteiger charge is -2.25. The summed E-state index contributed by atoms with van der Waals surface area (Å²) in [5.74, 6) is -1.35. The lowest BCUT2D eigenvalue weighted by molar-refractivity contribution is -0.139. The van der Waals surface area contributed by atoms with Crippen molar-refractivity contribution in [3.05, 3.63) is 71.0 Å². The van der Waals surface area contributed by atoms with Crippen LogP contribution in [0.15, 0.2) is 54.1 Å². The van der Waals surface area contributed by atoms with E-state index in [1.165, 1.54) is 17.0 Å². The molecule has 3 rings (SSSR count). The molecule has 1 saturated heterocycles. The maximum absolute atomic E-state index is 13.5. The number of rotatable bonds is 10. The van der Waals surface area contributed by atoms with Crippen molar-refractivity contribution < 1.29 is 23.8 Å². The molecule has 0 aliphatic carbocycles. The Balaban J connectivity index is 1.94. The molecule has 0 bridgehead atoms. The molecule has 0 aromatic heterocycles. The van der Waals surface area contributed by atoms with Crippen LogP contribution in [0.1, 0.15) is 63.1 Å². The number of Topliss-reactive ketones (excluding diaryl/α,β-unsaturated/α-hetero) is 1. The zero-order valence-corrected chi connectivity index (χ0v) is 18.6. The summed E-state index contributed by atoms with van der Waals surface area (Å²) in [5, 5.41) is 11.0. The summed E-state index contributed by atoms with van der Waals surface area (Å²) in [4.78, 5) is 27.1. The van der Waals surface area contributed by atoms with E-state index < -0.39 is 23.5 Å². The number of hydrogen-bond donors (Lipinski definition) is 1. The zero-order valence-electron chi connectivity index (χ0n) is 18.6. The van der Waals surface area contributed by atoms with Crippen LogP contribution in [0.25, 0.3) is 5.76 Å². The van der Waals surface area contributed by atoms with Gasteiger partial charge in [-0.1, -0.05) is 45.2 Å². The minimum Gasteiger partial charge on any atom is -0.507 e. The number of ketones is 1. The molecule has 1 atom stereocenters. The van der Waals surface area contributed by atoms with E-state index in [0.29, 0.717) is 30.0 Å². The number of benzene rings is 2. The van der Waals surface area contributed by atoms with Gasteiger partial charge in [-0.15, -0.1) is 0 Å². The van der Waals surface area contributed by atoms with Crippen molar-refractivity contribution in [1.29, 1.82) is 0 Å². The summed E-state index contributed by atoms with van der Waals surface area (Å²) in [7, 11) is 0. The fraction of sp³-hybridized carbons (Fsp3) is 0.385. The number of hydrogen-bond acceptors (Lipinski definition) is 4. The number of amides is 1. The van der Waals surface area contributed by atoms with Gasteiger partial charge in [0.2, 0.25) is 0 Å². The van der Waals surface area contributed by atoms with E-state index in [2.05, 4.69) is 6.92 Å². The second-order valence-corrected chi connectivity index (χ2v) is 7.98. The van der Waals surface area contributed by atoms with Gasteiger partial charge >= 0.3 is 0 Å². The number of likely N-dealkylation sites (tertiary alicyclic amines) is 1. The molecule has 170 valence electrons. The molecular formula is C26H30FNO4. The van der Waals surface area contributed by atoms with E-state index in [-0.39, 0.29) is 11.3 Å². The van der Waals surface area contributed by atoms with Crippen LogP contribution in [0.4, 0.5) is 4.39 Å². The largest absolute Gasteiger partial charge is 0.507 e. The van der Waals surface area contributed by atoms with E-state index in [1.54, 1.807) is 36.4 Å². The van der Waals surface area contributed by atoms with Crippen molar-refractivity contribution in [3.63, 3.8) is 0 Å². The highest BCUT2D eigenvalue weighted by Gasteiger charge is 2.45. The monoisotopic (exact) mass is 439 g/mol. The first-order valence-corrected chi connectivity index (χ1v) is 11.2. The fourth-order valence-corrected chi connectivity index (χ4v) is 3.84. The summed E-state index contributed by atoms with van der Waals surface area (Å²) < 4.78 is 19.2. The molecule has 0 radical (unpaired) electrons. The topological polar surface area (TPSA) is 66.8 Å². The van der Waals surface area contributed by atoms with Crippen LogP contribution in [0.3, 0.4) is 0 Å². The lowest BCUT2D eigenvalue weighted by atomic mass is 9.95. The molecule has 32 heavy (non-hydrogen) atoms. The lowest BCUT2D eigenvalue weighted by Crippen LogP contribution is -2.30. The van der Waals surface area contributed by atoms with Crippen molar-refractivity contribution in [2.75, 3.05) is 13.2 Å². The average molecular weight is 440 g/mol. The molecule has 6 heteroatoms. The Hall–Kier alpha value is -3.15. The average Bonchev–Trinajstić information content (AvgIpc) is 3.05. The van der Waals surface area contributed by atoms with Crippen molar-refractivity contribution in [2.24, 2.45) is 0 Å². The molecule has 1 amide bonds. The van der Waals surface area contributed by atoms with Crippen LogP contribution >= 0.6 is 0 Å². The highest BCUT2D eigenvalue weighted by atomic mass is 19.1. The molecule has 2 aromatic rings. The molecule has 1 N–H and O–H groups in total. The van der Waals surface area contributed by atoms with Crippen LogP contribution in [0.2, 0.25) is 0 Å². The Morgan fingerprint density at radius 1 is 0.969 bits per heavy atom. The van der Waals surface area contributed by atoms with Gasteiger partial charge in [-0.25, -0.2) is 4.39 Å². The number of halogens is 1. The number of carbonyl (C=O) groups is 2. The SMILES string of the molecule is CCCCCOc1ccc(/C(O)=C2/C(=O)C(=O)N(CCCC)C2c2ccc(F)cc2)cc1. The van der Waals surface area contributed by atoms with E-state index in [4.69, 9.17) is 4.74 Å². The third-order valence-corrected chi connectivity index (χ3v) is 5.62. The Bertz CT molecular complexity index is 966. The van der Waals surface area contributed by atoms with Crippen LogP contribution in [-0.4, -0.2) is 34.8 Å². The first kappa shape index (κ1) is 23.5. The van der Waals surface area contributed by atoms with Crippen LogP contribution in [0, 0.1) is 5.82 Å². The molecule has 1 fully saturated rings. The zero-order chi connectivity index (χ0) is 23.1. The molecular weight excluding hydrogens is 409 g/mol. The summed E-state index contributed by atoms with van der Waals surface area (Å²) >= 11 is 0. The number of nitrogens with zero attached hydrogens (tertiary/aromatic N) is 1. The Kier molecular flexibility index (Phi) is 8.03. The van der Waals surface area contributed by atoms with Crippen molar-refractivity contribution in [2.45, 2.75) is 52.0 Å². The highest BCUT2D eigenvalue weighted by Crippen LogP contribution is 2.39. The standard InChI is InChI=1S/C26H30FNO4/c1-3-5-7-17-32-21-14-10-19(11-15-21)24(29)22-23(18-8-12-20(27)13-9-18)28(16-6-4-2)26(31)25(22)30/h8-15,23,29H,3-7,16-17H2,1-2H3/b24-22-. The van der Waals surface area contributed by atoms with Gasteiger partial charge in [0, 0.05) is 12.1 Å². The summed E-state index contributed by atoms with van der Waals surface area (Å²) in [6, 6.07) is 11.7. The maximum Gasteiger partial charge on any atom is 0.295 e. The molecule has 1 aliphatic heterocycles. The Morgan fingerprint density at radius 3 is 2.25 bits per heavy atom. The quantitative estimate of drug-likeness (QED) is 0.226. The number of unbranched alkanes of at least 4 members (excludes halogenated alkanes) is 3. The molecule has 0 saturated carbocycles. The molecule has 5 nitrogen and oxygen atoms in total. The molecule has 2 aromatic carbocycles. The van der Waals surface area contributed by atoms with Crippen molar-refractivity contribution >= 4 is 17.4 Å². The third kappa shape index (κ3) is 5.18. The maximum atomic E-state index is 13.5. The minimum absolute atomic E-state index is 0.0225. The second-order valence-electron chi connectivity index (χ2n) is 7.98.